The van der Waals surface area contributed by atoms with E-state index < -0.39 is 11.7 Å². The van der Waals surface area contributed by atoms with Crippen LogP contribution >= 0.6 is 0 Å². The van der Waals surface area contributed by atoms with E-state index in [1.165, 1.54) is 12.1 Å². The number of rotatable bonds is 10. The van der Waals surface area contributed by atoms with Gasteiger partial charge in [-0.25, -0.2) is 9.97 Å². The molecule has 1 unspecified atom stereocenters. The minimum absolute atomic E-state index is 0.176. The number of carbonyl (C=O) groups is 1. The lowest BCUT2D eigenvalue weighted by Gasteiger charge is -2.19. The Bertz CT molecular complexity index is 1290. The number of ether oxygens (including phenoxy) is 3. The lowest BCUT2D eigenvalue weighted by Crippen LogP contribution is -2.21. The molecule has 0 saturated heterocycles. The third-order valence-electron chi connectivity index (χ3n) is 6.50. The molecular formula is C29H31F3N2O4. The number of esters is 1. The van der Waals surface area contributed by atoms with Gasteiger partial charge in [0.05, 0.1) is 11.3 Å². The maximum Gasteiger partial charge on any atom is 0.416 e. The number of aromatic nitrogens is 2. The summed E-state index contributed by atoms with van der Waals surface area (Å²) in [6.07, 6.45) is -0.646. The standard InChI is InChI=1S/C29H31F3N2O4/c1-5-26(35)37-15-17(2)38-25-13-12-24(18(3)19(25)4)36-16-22-14-33-28(34-27(22)20-6-7-20)21-8-10-23(11-9-21)29(30,31)32/h8-14,17,20H,5-7,15-16H2,1-4H3. The number of hydrogen-bond donors (Lipinski definition) is 0. The lowest BCUT2D eigenvalue weighted by molar-refractivity contribution is -0.145. The van der Waals surface area contributed by atoms with Gasteiger partial charge in [0.25, 0.3) is 0 Å². The van der Waals surface area contributed by atoms with E-state index in [4.69, 9.17) is 19.2 Å². The number of halogens is 3. The Balaban J connectivity index is 1.45. The fourth-order valence-corrected chi connectivity index (χ4v) is 3.96. The van der Waals surface area contributed by atoms with Gasteiger partial charge in [0.2, 0.25) is 0 Å². The third kappa shape index (κ3) is 6.62. The second-order valence-electron chi connectivity index (χ2n) is 9.52. The van der Waals surface area contributed by atoms with Gasteiger partial charge in [-0.1, -0.05) is 19.1 Å². The van der Waals surface area contributed by atoms with Crippen molar-refractivity contribution in [2.24, 2.45) is 0 Å². The van der Waals surface area contributed by atoms with Crippen LogP contribution in [-0.2, 0) is 22.3 Å². The zero-order valence-corrected chi connectivity index (χ0v) is 21.9. The molecule has 1 aliphatic rings. The quantitative estimate of drug-likeness (QED) is 0.265. The number of benzene rings is 2. The molecule has 4 rings (SSSR count). The van der Waals surface area contributed by atoms with Crippen molar-refractivity contribution >= 4 is 5.97 Å². The van der Waals surface area contributed by atoms with Gasteiger partial charge in [0, 0.05) is 29.7 Å². The number of hydrogen-bond acceptors (Lipinski definition) is 6. The van der Waals surface area contributed by atoms with E-state index in [0.29, 0.717) is 35.2 Å². The van der Waals surface area contributed by atoms with Crippen LogP contribution in [-0.4, -0.2) is 28.6 Å². The summed E-state index contributed by atoms with van der Waals surface area (Å²) in [5, 5.41) is 0. The van der Waals surface area contributed by atoms with E-state index in [2.05, 4.69) is 4.98 Å². The Morgan fingerprint density at radius 1 is 1.05 bits per heavy atom. The first kappa shape index (κ1) is 27.4. The predicted molar refractivity (Wildman–Crippen MR) is 136 cm³/mol. The van der Waals surface area contributed by atoms with Gasteiger partial charge >= 0.3 is 12.1 Å². The largest absolute Gasteiger partial charge is 0.488 e. The van der Waals surface area contributed by atoms with Crippen molar-refractivity contribution in [3.8, 4) is 22.9 Å². The summed E-state index contributed by atoms with van der Waals surface area (Å²) in [4.78, 5) is 20.5. The Labute approximate surface area is 220 Å². The highest BCUT2D eigenvalue weighted by Crippen LogP contribution is 2.41. The fourth-order valence-electron chi connectivity index (χ4n) is 3.96. The van der Waals surface area contributed by atoms with Crippen LogP contribution in [0.15, 0.2) is 42.6 Å². The van der Waals surface area contributed by atoms with Gasteiger partial charge in [-0.3, -0.25) is 4.79 Å². The highest BCUT2D eigenvalue weighted by molar-refractivity contribution is 5.68. The second-order valence-corrected chi connectivity index (χ2v) is 9.52. The van der Waals surface area contributed by atoms with Crippen molar-refractivity contribution in [2.45, 2.75) is 71.8 Å². The summed E-state index contributed by atoms with van der Waals surface area (Å²) in [5.74, 6) is 1.83. The van der Waals surface area contributed by atoms with Crippen molar-refractivity contribution in [3.63, 3.8) is 0 Å². The van der Waals surface area contributed by atoms with Gasteiger partial charge in [0.1, 0.15) is 30.8 Å². The first-order valence-corrected chi connectivity index (χ1v) is 12.7. The lowest BCUT2D eigenvalue weighted by atomic mass is 10.1. The highest BCUT2D eigenvalue weighted by atomic mass is 19.4. The minimum atomic E-state index is -4.39. The van der Waals surface area contributed by atoms with Crippen LogP contribution in [0, 0.1) is 13.8 Å². The van der Waals surface area contributed by atoms with Crippen LogP contribution < -0.4 is 9.47 Å². The molecular weight excluding hydrogens is 497 g/mol. The molecule has 0 spiro atoms. The average Bonchev–Trinajstić information content (AvgIpc) is 3.74. The van der Waals surface area contributed by atoms with Crippen molar-refractivity contribution < 1.29 is 32.2 Å². The Kier molecular flexibility index (Phi) is 8.23. The van der Waals surface area contributed by atoms with Gasteiger partial charge in [-0.15, -0.1) is 0 Å². The second kappa shape index (κ2) is 11.4. The third-order valence-corrected chi connectivity index (χ3v) is 6.50. The van der Waals surface area contributed by atoms with Crippen LogP contribution in [0.5, 0.6) is 11.5 Å². The van der Waals surface area contributed by atoms with Crippen molar-refractivity contribution in [2.75, 3.05) is 6.61 Å². The molecule has 38 heavy (non-hydrogen) atoms. The molecule has 6 nitrogen and oxygen atoms in total. The van der Waals surface area contributed by atoms with Crippen LogP contribution in [0.3, 0.4) is 0 Å². The molecule has 1 aromatic heterocycles. The first-order valence-electron chi connectivity index (χ1n) is 12.7. The van der Waals surface area contributed by atoms with E-state index >= 15 is 0 Å². The van der Waals surface area contributed by atoms with E-state index in [1.807, 2.05) is 32.9 Å². The van der Waals surface area contributed by atoms with Crippen LogP contribution in [0.4, 0.5) is 13.2 Å². The number of nitrogens with zero attached hydrogens (tertiary/aromatic N) is 2. The summed E-state index contributed by atoms with van der Waals surface area (Å²) in [5.41, 5.74) is 3.41. The molecule has 1 heterocycles. The van der Waals surface area contributed by atoms with Gasteiger partial charge in [-0.05, 0) is 69.0 Å². The summed E-state index contributed by atoms with van der Waals surface area (Å²) in [6.45, 7) is 7.92. The normalized spacial score (nSPS) is 14.2. The van der Waals surface area contributed by atoms with Crippen molar-refractivity contribution in [3.05, 3.63) is 70.5 Å². The Morgan fingerprint density at radius 2 is 1.71 bits per heavy atom. The number of carbonyl (C=O) groups excluding carboxylic acids is 1. The van der Waals surface area contributed by atoms with Crippen molar-refractivity contribution in [1.29, 1.82) is 0 Å². The van der Waals surface area contributed by atoms with E-state index in [-0.39, 0.29) is 25.3 Å². The zero-order valence-electron chi connectivity index (χ0n) is 21.9. The first-order chi connectivity index (χ1) is 18.1. The molecule has 9 heteroatoms. The Morgan fingerprint density at radius 3 is 2.34 bits per heavy atom. The molecule has 1 atom stereocenters. The molecule has 3 aromatic rings. The molecule has 0 aliphatic heterocycles. The number of alkyl halides is 3. The molecule has 1 saturated carbocycles. The minimum Gasteiger partial charge on any atom is -0.488 e. The predicted octanol–water partition coefficient (Wildman–Crippen LogP) is 6.96. The molecule has 2 aromatic carbocycles. The molecule has 202 valence electrons. The van der Waals surface area contributed by atoms with Crippen LogP contribution in [0.1, 0.15) is 67.0 Å². The SMILES string of the molecule is CCC(=O)OCC(C)Oc1ccc(OCc2cnc(-c3ccc(C(F)(F)F)cc3)nc2C2CC2)c(C)c1C. The summed E-state index contributed by atoms with van der Waals surface area (Å²) in [7, 11) is 0. The van der Waals surface area contributed by atoms with Gasteiger partial charge in [0.15, 0.2) is 5.82 Å². The summed E-state index contributed by atoms with van der Waals surface area (Å²) < 4.78 is 56.0. The smallest absolute Gasteiger partial charge is 0.416 e. The molecule has 0 radical (unpaired) electrons. The molecule has 1 aliphatic carbocycles. The zero-order chi connectivity index (χ0) is 27.4. The average molecular weight is 529 g/mol. The van der Waals surface area contributed by atoms with Crippen molar-refractivity contribution in [1.82, 2.24) is 9.97 Å². The van der Waals surface area contributed by atoms with Gasteiger partial charge in [-0.2, -0.15) is 13.2 Å². The highest BCUT2D eigenvalue weighted by Gasteiger charge is 2.31. The van der Waals surface area contributed by atoms with Gasteiger partial charge < -0.3 is 14.2 Å². The van der Waals surface area contributed by atoms with Crippen LogP contribution in [0.25, 0.3) is 11.4 Å². The topological polar surface area (TPSA) is 70.5 Å². The fraction of sp³-hybridized carbons (Fsp3) is 0.414. The molecule has 1 fully saturated rings. The Hall–Kier alpha value is -3.62. The molecule has 0 N–H and O–H groups in total. The maximum absolute atomic E-state index is 12.9. The van der Waals surface area contributed by atoms with E-state index in [9.17, 15) is 18.0 Å². The molecule has 0 bridgehead atoms. The molecule has 0 amide bonds. The summed E-state index contributed by atoms with van der Waals surface area (Å²) in [6, 6.07) is 8.57. The van der Waals surface area contributed by atoms with E-state index in [0.717, 1.165) is 47.4 Å². The van der Waals surface area contributed by atoms with E-state index in [1.54, 1.807) is 13.1 Å². The monoisotopic (exact) mass is 528 g/mol. The maximum atomic E-state index is 12.9. The summed E-state index contributed by atoms with van der Waals surface area (Å²) >= 11 is 0. The van der Waals surface area contributed by atoms with Crippen LogP contribution in [0.2, 0.25) is 0 Å².